The SMILES string of the molecule is O=C(NCc1ccc(F)c(Br)c1)c1cc(C(=O)NCc2nn[nH]n2)ncn1. The number of tetrazole rings is 1. The third-order valence-electron chi connectivity index (χ3n) is 3.37. The first kappa shape index (κ1) is 18.5. The van der Waals surface area contributed by atoms with Crippen molar-refractivity contribution in [2.45, 2.75) is 13.1 Å². The average molecular weight is 435 g/mol. The van der Waals surface area contributed by atoms with E-state index >= 15 is 0 Å². The van der Waals surface area contributed by atoms with E-state index in [0.717, 1.165) is 6.33 Å². The summed E-state index contributed by atoms with van der Waals surface area (Å²) in [6.07, 6.45) is 1.12. The fraction of sp³-hybridized carbons (Fsp3) is 0.133. The fourth-order valence-corrected chi connectivity index (χ4v) is 2.46. The number of amides is 2. The number of carbonyl (C=O) groups is 2. The largest absolute Gasteiger partial charge is 0.347 e. The third-order valence-corrected chi connectivity index (χ3v) is 3.97. The van der Waals surface area contributed by atoms with Gasteiger partial charge in [0.25, 0.3) is 11.8 Å². The molecule has 3 aromatic rings. The van der Waals surface area contributed by atoms with Gasteiger partial charge < -0.3 is 10.6 Å². The molecule has 0 spiro atoms. The van der Waals surface area contributed by atoms with E-state index in [9.17, 15) is 14.0 Å². The van der Waals surface area contributed by atoms with E-state index in [1.54, 1.807) is 12.1 Å². The van der Waals surface area contributed by atoms with Crippen molar-refractivity contribution in [3.63, 3.8) is 0 Å². The molecule has 0 aliphatic rings. The van der Waals surface area contributed by atoms with Crippen LogP contribution in [0, 0.1) is 5.82 Å². The Kier molecular flexibility index (Phi) is 5.76. The zero-order chi connectivity index (χ0) is 19.2. The summed E-state index contributed by atoms with van der Waals surface area (Å²) < 4.78 is 13.5. The quantitative estimate of drug-likeness (QED) is 0.520. The van der Waals surface area contributed by atoms with Crippen molar-refractivity contribution < 1.29 is 14.0 Å². The van der Waals surface area contributed by atoms with Crippen molar-refractivity contribution in [3.05, 3.63) is 63.7 Å². The van der Waals surface area contributed by atoms with Crippen molar-refractivity contribution in [2.24, 2.45) is 0 Å². The van der Waals surface area contributed by atoms with Crippen LogP contribution in [0.2, 0.25) is 0 Å². The van der Waals surface area contributed by atoms with Crippen LogP contribution in [0.3, 0.4) is 0 Å². The van der Waals surface area contributed by atoms with Crippen LogP contribution in [0.4, 0.5) is 4.39 Å². The van der Waals surface area contributed by atoms with E-state index < -0.39 is 17.6 Å². The maximum Gasteiger partial charge on any atom is 0.270 e. The molecule has 0 unspecified atom stereocenters. The Balaban J connectivity index is 1.60. The molecule has 27 heavy (non-hydrogen) atoms. The van der Waals surface area contributed by atoms with Crippen LogP contribution in [0.15, 0.2) is 35.1 Å². The molecule has 0 saturated carbocycles. The first-order chi connectivity index (χ1) is 13.0. The molecule has 3 N–H and O–H groups in total. The molecule has 2 aromatic heterocycles. The Morgan fingerprint density at radius 1 is 1.07 bits per heavy atom. The lowest BCUT2D eigenvalue weighted by Crippen LogP contribution is -2.27. The molecular weight excluding hydrogens is 423 g/mol. The summed E-state index contributed by atoms with van der Waals surface area (Å²) in [4.78, 5) is 32.1. The minimum Gasteiger partial charge on any atom is -0.347 e. The molecule has 0 aliphatic heterocycles. The predicted molar refractivity (Wildman–Crippen MR) is 92.7 cm³/mol. The number of hydrogen-bond donors (Lipinski definition) is 3. The molecule has 0 aliphatic carbocycles. The maximum absolute atomic E-state index is 13.2. The lowest BCUT2D eigenvalue weighted by molar-refractivity contribution is 0.0944. The van der Waals surface area contributed by atoms with Gasteiger partial charge in [0.05, 0.1) is 11.0 Å². The number of hydrogen-bond acceptors (Lipinski definition) is 7. The molecule has 12 heteroatoms. The predicted octanol–water partition coefficient (Wildman–Crippen LogP) is 0.751. The topological polar surface area (TPSA) is 138 Å². The van der Waals surface area contributed by atoms with E-state index in [4.69, 9.17) is 0 Å². The van der Waals surface area contributed by atoms with Crippen LogP contribution in [-0.2, 0) is 13.1 Å². The molecule has 2 heterocycles. The highest BCUT2D eigenvalue weighted by Gasteiger charge is 2.14. The second kappa shape index (κ2) is 8.40. The molecular formula is C15H12BrFN8O2. The van der Waals surface area contributed by atoms with Crippen LogP contribution < -0.4 is 10.6 Å². The maximum atomic E-state index is 13.2. The monoisotopic (exact) mass is 434 g/mol. The summed E-state index contributed by atoms with van der Waals surface area (Å²) in [6.45, 7) is 0.224. The molecule has 0 radical (unpaired) electrons. The zero-order valence-electron chi connectivity index (χ0n) is 13.6. The van der Waals surface area contributed by atoms with Crippen LogP contribution >= 0.6 is 15.9 Å². The minimum atomic E-state index is -0.515. The normalized spacial score (nSPS) is 10.4. The van der Waals surface area contributed by atoms with Crippen molar-refractivity contribution >= 4 is 27.7 Å². The van der Waals surface area contributed by atoms with Gasteiger partial charge >= 0.3 is 0 Å². The molecule has 3 rings (SSSR count). The molecule has 0 bridgehead atoms. The Labute approximate surface area is 160 Å². The van der Waals surface area contributed by atoms with Crippen LogP contribution in [0.5, 0.6) is 0 Å². The Bertz CT molecular complexity index is 966. The summed E-state index contributed by atoms with van der Waals surface area (Å²) in [5.41, 5.74) is 0.739. The van der Waals surface area contributed by atoms with Crippen LogP contribution in [0.1, 0.15) is 32.4 Å². The van der Waals surface area contributed by atoms with Gasteiger partial charge in [-0.2, -0.15) is 5.21 Å². The number of H-pyrrole nitrogens is 1. The second-order valence-electron chi connectivity index (χ2n) is 5.23. The van der Waals surface area contributed by atoms with Gasteiger partial charge in [-0.05, 0) is 33.6 Å². The van der Waals surface area contributed by atoms with Crippen LogP contribution in [0.25, 0.3) is 0 Å². The number of nitrogens with one attached hydrogen (secondary N) is 3. The molecule has 2 amide bonds. The lowest BCUT2D eigenvalue weighted by Gasteiger charge is -2.07. The Hall–Kier alpha value is -3.28. The van der Waals surface area contributed by atoms with E-state index in [0.29, 0.717) is 15.9 Å². The highest BCUT2D eigenvalue weighted by Crippen LogP contribution is 2.16. The first-order valence-electron chi connectivity index (χ1n) is 7.57. The van der Waals surface area contributed by atoms with E-state index in [1.165, 1.54) is 12.1 Å². The summed E-state index contributed by atoms with van der Waals surface area (Å²) in [5.74, 6) is -1.10. The minimum absolute atomic E-state index is 0.0168. The van der Waals surface area contributed by atoms with E-state index in [-0.39, 0.29) is 24.5 Å². The molecule has 0 atom stereocenters. The number of aromatic nitrogens is 6. The van der Waals surface area contributed by atoms with Crippen molar-refractivity contribution in [1.82, 2.24) is 41.2 Å². The summed E-state index contributed by atoms with van der Waals surface area (Å²) in [6, 6.07) is 5.67. The second-order valence-corrected chi connectivity index (χ2v) is 6.08. The number of halogens is 2. The van der Waals surface area contributed by atoms with Gasteiger partial charge in [0.2, 0.25) is 0 Å². The van der Waals surface area contributed by atoms with Crippen molar-refractivity contribution in [2.75, 3.05) is 0 Å². The summed E-state index contributed by atoms with van der Waals surface area (Å²) >= 11 is 3.08. The number of benzene rings is 1. The highest BCUT2D eigenvalue weighted by atomic mass is 79.9. The van der Waals surface area contributed by atoms with E-state index in [1.807, 2.05) is 0 Å². The fourth-order valence-electron chi connectivity index (χ4n) is 2.04. The molecule has 10 nitrogen and oxygen atoms in total. The molecule has 0 saturated heterocycles. The summed E-state index contributed by atoms with van der Waals surface area (Å²) in [7, 11) is 0. The first-order valence-corrected chi connectivity index (χ1v) is 8.37. The Morgan fingerprint density at radius 3 is 2.41 bits per heavy atom. The standard InChI is InChI=1S/C15H12BrFN8O2/c16-9-3-8(1-2-10(9)17)5-18-14(26)11-4-12(21-7-20-11)15(27)19-6-13-22-24-25-23-13/h1-4,7H,5-6H2,(H,18,26)(H,19,27)(H,22,23,24,25). The lowest BCUT2D eigenvalue weighted by atomic mass is 10.2. The van der Waals surface area contributed by atoms with Crippen molar-refractivity contribution in [1.29, 1.82) is 0 Å². The van der Waals surface area contributed by atoms with Gasteiger partial charge in [0.1, 0.15) is 23.5 Å². The number of carbonyl (C=O) groups excluding carboxylic acids is 2. The van der Waals surface area contributed by atoms with Crippen molar-refractivity contribution in [3.8, 4) is 0 Å². The molecule has 1 aromatic carbocycles. The average Bonchev–Trinajstić information content (AvgIpc) is 3.20. The van der Waals surface area contributed by atoms with Gasteiger partial charge in [0.15, 0.2) is 5.82 Å². The highest BCUT2D eigenvalue weighted by molar-refractivity contribution is 9.10. The number of aromatic amines is 1. The third kappa shape index (κ3) is 4.88. The Morgan fingerprint density at radius 2 is 1.78 bits per heavy atom. The summed E-state index contributed by atoms with van der Waals surface area (Å²) in [5, 5.41) is 18.3. The molecule has 138 valence electrons. The van der Waals surface area contributed by atoms with Gasteiger partial charge in [0, 0.05) is 12.6 Å². The van der Waals surface area contributed by atoms with Gasteiger partial charge in [-0.15, -0.1) is 10.2 Å². The number of rotatable bonds is 6. The smallest absolute Gasteiger partial charge is 0.270 e. The van der Waals surface area contributed by atoms with Crippen LogP contribution in [-0.4, -0.2) is 42.4 Å². The van der Waals surface area contributed by atoms with Gasteiger partial charge in [-0.25, -0.2) is 14.4 Å². The molecule has 0 fully saturated rings. The van der Waals surface area contributed by atoms with Gasteiger partial charge in [-0.3, -0.25) is 9.59 Å². The number of nitrogens with zero attached hydrogens (tertiary/aromatic N) is 5. The zero-order valence-corrected chi connectivity index (χ0v) is 15.2. The van der Waals surface area contributed by atoms with E-state index in [2.05, 4.69) is 57.2 Å². The van der Waals surface area contributed by atoms with Gasteiger partial charge in [-0.1, -0.05) is 11.3 Å².